The number of rotatable bonds is 15. The van der Waals surface area contributed by atoms with Crippen LogP contribution in [0.2, 0.25) is 0 Å². The zero-order valence-corrected chi connectivity index (χ0v) is 43.1. The molecule has 3 aromatic carbocycles. The first-order chi connectivity index (χ1) is 35.4. The topological polar surface area (TPSA) is 166 Å². The zero-order valence-electron chi connectivity index (χ0n) is 42.3. The first-order valence-corrected chi connectivity index (χ1v) is 27.4. The average Bonchev–Trinajstić information content (AvgIpc) is 4.03. The van der Waals surface area contributed by atoms with E-state index >= 15 is 4.39 Å². The molecule has 5 aromatic rings. The van der Waals surface area contributed by atoms with Crippen molar-refractivity contribution < 1.29 is 33.2 Å². The monoisotopic (exact) mass is 1020 g/mol. The predicted octanol–water partition coefficient (Wildman–Crippen LogP) is 10.9. The Morgan fingerprint density at radius 2 is 1.79 bits per heavy atom. The maximum Gasteiger partial charge on any atom is 0.265 e. The molecular formula is C56H69FN8O7S. The molecular weight excluding hydrogens is 948 g/mol. The van der Waals surface area contributed by atoms with E-state index in [4.69, 9.17) is 18.9 Å². The van der Waals surface area contributed by atoms with E-state index in [9.17, 15) is 14.8 Å². The molecule has 0 radical (unpaired) electrons. The van der Waals surface area contributed by atoms with Gasteiger partial charge >= 0.3 is 0 Å². The van der Waals surface area contributed by atoms with Crippen LogP contribution in [-0.2, 0) is 4.74 Å². The maximum atomic E-state index is 15.2. The van der Waals surface area contributed by atoms with Gasteiger partial charge in [-0.05, 0) is 147 Å². The number of likely N-dealkylation sites (tertiary alicyclic amines) is 1. The standard InChI is InChI=1S/C56H69FN8O7S/c1-35(2)40-7-4-5-8-41(40)47-9-6-18-65(47)38-31-56(32-38)16-19-64(20-17-56)37-10-11-42(48(27-37)72-50-30-43-44(57)33-58-52(43)60-54(50)70-26-23-63-21-24-69-25-22-63)53(66)62-73-39-28-45(61-68)51-49(29-39)71-34-46(59-51)36-12-14-55(3,67)15-13-36/h4-5,7-8,10-11,27-30,33,35-36,38,46-47,59,67H,6,9,12-26,31-32,34H2,1-3H3,(H,58,60)(H,62,66)/t36?,46-,47-,55?/m1/s1. The summed E-state index contributed by atoms with van der Waals surface area (Å²) in [5.74, 6) is 0.964. The van der Waals surface area contributed by atoms with E-state index in [1.807, 2.05) is 19.1 Å². The molecule has 73 heavy (non-hydrogen) atoms. The number of carbonyl (C=O) groups excluding carboxylic acids is 1. The van der Waals surface area contributed by atoms with Crippen LogP contribution in [-0.4, -0.2) is 114 Å². The van der Waals surface area contributed by atoms with Crippen molar-refractivity contribution >= 4 is 46.0 Å². The lowest BCUT2D eigenvalue weighted by Gasteiger charge is -2.56. The van der Waals surface area contributed by atoms with Gasteiger partial charge in [-0.25, -0.2) is 4.39 Å². The van der Waals surface area contributed by atoms with Crippen molar-refractivity contribution in [2.24, 2.45) is 16.5 Å². The van der Waals surface area contributed by atoms with Gasteiger partial charge in [-0.2, -0.15) is 4.98 Å². The van der Waals surface area contributed by atoms with Crippen molar-refractivity contribution in [3.05, 3.63) is 94.3 Å². The number of nitroso groups, excluding NO2 is 1. The maximum absolute atomic E-state index is 15.2. The number of fused-ring (bicyclic) bond motifs is 2. The number of piperidine rings is 1. The Hall–Kier alpha value is -5.46. The lowest BCUT2D eigenvalue weighted by Crippen LogP contribution is -2.54. The number of aliphatic hydroxyl groups is 1. The molecule has 5 fully saturated rings. The molecule has 0 unspecified atom stereocenters. The fraction of sp³-hybridized carbons (Fsp3) is 0.536. The number of pyridine rings is 1. The normalized spacial score (nSPS) is 24.5. The molecule has 6 aliphatic rings. The summed E-state index contributed by atoms with van der Waals surface area (Å²) >= 11 is 1.04. The van der Waals surface area contributed by atoms with Crippen molar-refractivity contribution in [3.63, 3.8) is 0 Å². The van der Waals surface area contributed by atoms with Crippen molar-refractivity contribution in [3.8, 4) is 23.1 Å². The van der Waals surface area contributed by atoms with Crippen molar-refractivity contribution in [2.75, 3.05) is 75.9 Å². The number of benzene rings is 3. The number of aromatic amines is 1. The first-order valence-electron chi connectivity index (χ1n) is 26.5. The Bertz CT molecular complexity index is 2790. The van der Waals surface area contributed by atoms with E-state index < -0.39 is 17.3 Å². The Labute approximate surface area is 431 Å². The number of nitrogens with one attached hydrogen (secondary N) is 3. The number of morpholine rings is 1. The van der Waals surface area contributed by atoms with Crippen LogP contribution in [0, 0.1) is 22.1 Å². The molecule has 2 atom stereocenters. The van der Waals surface area contributed by atoms with Crippen molar-refractivity contribution in [2.45, 2.75) is 120 Å². The summed E-state index contributed by atoms with van der Waals surface area (Å²) in [5.41, 5.74) is 4.85. The third kappa shape index (κ3) is 10.6. The van der Waals surface area contributed by atoms with Gasteiger partial charge in [0.2, 0.25) is 0 Å². The number of hydrogen-bond acceptors (Lipinski definition) is 14. The molecule has 11 rings (SSSR count). The fourth-order valence-corrected chi connectivity index (χ4v) is 13.2. The molecule has 3 saturated heterocycles. The predicted molar refractivity (Wildman–Crippen MR) is 282 cm³/mol. The number of hydrogen-bond donors (Lipinski definition) is 4. The number of carbonyl (C=O) groups is 1. The smallest absolute Gasteiger partial charge is 0.265 e. The highest BCUT2D eigenvalue weighted by Gasteiger charge is 2.50. The Balaban J connectivity index is 0.815. The summed E-state index contributed by atoms with van der Waals surface area (Å²) in [7, 11) is 0. The van der Waals surface area contributed by atoms with Crippen LogP contribution in [0.3, 0.4) is 0 Å². The second-order valence-electron chi connectivity index (χ2n) is 22.0. The number of ether oxygens (including phenoxy) is 4. The lowest BCUT2D eigenvalue weighted by molar-refractivity contribution is -0.0227. The van der Waals surface area contributed by atoms with Gasteiger partial charge in [0, 0.05) is 73.7 Å². The number of anilines is 2. The summed E-state index contributed by atoms with van der Waals surface area (Å²) < 4.78 is 42.9. The largest absolute Gasteiger partial charge is 0.489 e. The highest BCUT2D eigenvalue weighted by molar-refractivity contribution is 7.98. The van der Waals surface area contributed by atoms with Gasteiger partial charge in [0.05, 0.1) is 35.8 Å². The fourth-order valence-electron chi connectivity index (χ4n) is 12.5. The highest BCUT2D eigenvalue weighted by atomic mass is 32.2. The molecule has 6 heterocycles. The van der Waals surface area contributed by atoms with Gasteiger partial charge in [-0.3, -0.25) is 19.3 Å². The molecule has 388 valence electrons. The van der Waals surface area contributed by atoms with Gasteiger partial charge in [0.25, 0.3) is 11.8 Å². The van der Waals surface area contributed by atoms with Crippen LogP contribution in [0.5, 0.6) is 23.1 Å². The second kappa shape index (κ2) is 21.0. The number of amides is 1. The number of halogens is 1. The number of aromatic nitrogens is 2. The SMILES string of the molecule is CC(C)c1ccccc1[C@H]1CCCN1C1CC2(CCN(c3ccc(C(=O)NSc4cc(N=O)c5c(c4)OC[C@H](C4CCC(C)(O)CC4)N5)c(Oc4cc5c(F)c[nH]c5nc4OCCN4CCOCC4)c3)CC2)C1. The number of nitrogens with zero attached hydrogens (tertiary/aromatic N) is 5. The van der Waals surface area contributed by atoms with E-state index in [1.165, 1.54) is 43.0 Å². The van der Waals surface area contributed by atoms with E-state index in [0.29, 0.717) is 91.2 Å². The van der Waals surface area contributed by atoms with E-state index in [1.54, 1.807) is 24.3 Å². The van der Waals surface area contributed by atoms with Crippen molar-refractivity contribution in [1.29, 1.82) is 0 Å². The van der Waals surface area contributed by atoms with E-state index in [0.717, 1.165) is 76.0 Å². The summed E-state index contributed by atoms with van der Waals surface area (Å²) in [4.78, 5) is 42.2. The molecule has 15 nitrogen and oxygen atoms in total. The van der Waals surface area contributed by atoms with Crippen LogP contribution < -0.4 is 29.1 Å². The molecule has 0 bridgehead atoms. The van der Waals surface area contributed by atoms with Crippen LogP contribution in [0.25, 0.3) is 11.0 Å². The molecule has 2 aliphatic carbocycles. The zero-order chi connectivity index (χ0) is 50.3. The minimum absolute atomic E-state index is 0.0212. The van der Waals surface area contributed by atoms with Gasteiger partial charge in [-0.15, -0.1) is 4.91 Å². The third-order valence-corrected chi connectivity index (χ3v) is 17.6. The summed E-state index contributed by atoms with van der Waals surface area (Å²) in [6.07, 6.45) is 11.4. The number of H-pyrrole nitrogens is 1. The minimum atomic E-state index is -0.657. The molecule has 17 heteroatoms. The Morgan fingerprint density at radius 1 is 1.00 bits per heavy atom. The van der Waals surface area contributed by atoms with Crippen LogP contribution >= 0.6 is 11.9 Å². The van der Waals surface area contributed by atoms with E-state index in [2.05, 4.69) is 78.0 Å². The quantitative estimate of drug-likeness (QED) is 0.0579. The van der Waals surface area contributed by atoms with Gasteiger partial charge in [0.1, 0.15) is 47.6 Å². The summed E-state index contributed by atoms with van der Waals surface area (Å²) in [6.45, 7) is 13.7. The van der Waals surface area contributed by atoms with Gasteiger partial charge < -0.3 is 39.3 Å². The summed E-state index contributed by atoms with van der Waals surface area (Å²) in [6, 6.07) is 20.8. The second-order valence-corrected chi connectivity index (χ2v) is 22.9. The van der Waals surface area contributed by atoms with E-state index in [-0.39, 0.29) is 46.0 Å². The summed E-state index contributed by atoms with van der Waals surface area (Å²) in [5, 5.41) is 17.6. The average molecular weight is 1020 g/mol. The van der Waals surface area contributed by atoms with Crippen LogP contribution in [0.15, 0.2) is 76.9 Å². The Morgan fingerprint density at radius 3 is 2.58 bits per heavy atom. The molecule has 2 aromatic heterocycles. The molecule has 4 aliphatic heterocycles. The van der Waals surface area contributed by atoms with Gasteiger partial charge in [0.15, 0.2) is 5.75 Å². The van der Waals surface area contributed by atoms with Crippen LogP contribution in [0.1, 0.15) is 118 Å². The molecule has 1 amide bonds. The van der Waals surface area contributed by atoms with Crippen molar-refractivity contribution in [1.82, 2.24) is 24.5 Å². The minimum Gasteiger partial charge on any atom is -0.489 e. The Kier molecular flexibility index (Phi) is 14.3. The highest BCUT2D eigenvalue weighted by Crippen LogP contribution is 2.55. The molecule has 1 spiro atoms. The third-order valence-electron chi connectivity index (χ3n) is 16.8. The van der Waals surface area contributed by atoms with Crippen LogP contribution in [0.4, 0.5) is 21.5 Å². The molecule has 2 saturated carbocycles. The van der Waals surface area contributed by atoms with Gasteiger partial charge in [-0.1, -0.05) is 38.1 Å². The first kappa shape index (κ1) is 49.7. The lowest BCUT2D eigenvalue weighted by atomic mass is 9.59. The molecule has 4 N–H and O–H groups in total.